The van der Waals surface area contributed by atoms with Crippen LogP contribution >= 0.6 is 32.9 Å². The summed E-state index contributed by atoms with van der Waals surface area (Å²) in [4.78, 5) is 0. The van der Waals surface area contributed by atoms with E-state index in [-0.39, 0.29) is 17.0 Å². The van der Waals surface area contributed by atoms with Crippen LogP contribution in [0.5, 0.6) is 0 Å². The zero-order valence-electron chi connectivity index (χ0n) is 12.9. The normalized spacial score (nSPS) is 19.9. The minimum atomic E-state index is 0. The molecule has 2 atom stereocenters. The van der Waals surface area contributed by atoms with Gasteiger partial charge in [0.15, 0.2) is 0 Å². The van der Waals surface area contributed by atoms with Gasteiger partial charge in [-0.2, -0.15) is 0 Å². The molecule has 1 nitrogen and oxygen atoms in total. The topological polar surface area (TPSA) is 12.0 Å². The zero-order valence-corrected chi connectivity index (χ0v) is 16.2. The molecule has 3 aromatic carbocycles. The molecule has 0 saturated heterocycles. The van der Waals surface area contributed by atoms with Crippen molar-refractivity contribution in [3.63, 3.8) is 0 Å². The molecule has 4 rings (SSSR count). The average Bonchev–Trinajstić information content (AvgIpc) is 2.56. The lowest BCUT2D eigenvalue weighted by molar-refractivity contribution is 0.466. The number of benzene rings is 3. The lowest BCUT2D eigenvalue weighted by Crippen LogP contribution is -2.37. The predicted octanol–water partition coefficient (Wildman–Crippen LogP) is 5.80. The minimum absolute atomic E-state index is 0. The molecule has 2 unspecified atom stereocenters. The molecule has 3 heteroatoms. The molecular weight excluding hydrogens is 414 g/mol. The van der Waals surface area contributed by atoms with Crippen molar-refractivity contribution in [1.29, 1.82) is 0 Å². The summed E-state index contributed by atoms with van der Waals surface area (Å²) in [6.45, 7) is 3.20. The molecule has 0 spiro atoms. The third kappa shape index (κ3) is 2.86. The number of hydrogen-bond donors (Lipinski definition) is 1. The first-order chi connectivity index (χ1) is 10.8. The molecule has 0 aromatic heterocycles. The summed E-state index contributed by atoms with van der Waals surface area (Å²) in [6, 6.07) is 22.2. The lowest BCUT2D eigenvalue weighted by atomic mass is 9.79. The van der Waals surface area contributed by atoms with E-state index in [0.29, 0.717) is 12.0 Å². The van der Waals surface area contributed by atoms with E-state index in [0.717, 1.165) is 6.54 Å². The third-order valence-electron chi connectivity index (χ3n) is 4.72. The molecule has 1 heterocycles. The summed E-state index contributed by atoms with van der Waals surface area (Å²) in [7, 11) is 0. The molecule has 0 amide bonds. The van der Waals surface area contributed by atoms with Gasteiger partial charge >= 0.3 is 0 Å². The highest BCUT2D eigenvalue weighted by Gasteiger charge is 2.29. The number of fused-ring (bicyclic) bond motifs is 2. The summed E-state index contributed by atoms with van der Waals surface area (Å²) in [6.07, 6.45) is 0. The standard InChI is InChI=1S/C20H18BrN.BrH/c1-13-19(14-7-3-2-4-8-14)17-11-15-9-5-6-10-16(15)20(21)18(17)12-22-13;/h2-11,13,19,22H,12H2,1H3;1H. The van der Waals surface area contributed by atoms with Gasteiger partial charge in [0, 0.05) is 23.0 Å². The Bertz CT molecular complexity index is 830. The second-order valence-corrected chi connectivity index (χ2v) is 6.83. The molecule has 1 aliphatic heterocycles. The van der Waals surface area contributed by atoms with Gasteiger partial charge in [0.25, 0.3) is 0 Å². The maximum absolute atomic E-state index is 3.85. The van der Waals surface area contributed by atoms with Crippen LogP contribution in [0.2, 0.25) is 0 Å². The second kappa shape index (κ2) is 6.76. The van der Waals surface area contributed by atoms with Gasteiger partial charge < -0.3 is 5.32 Å². The predicted molar refractivity (Wildman–Crippen MR) is 107 cm³/mol. The fraction of sp³-hybridized carbons (Fsp3) is 0.200. The van der Waals surface area contributed by atoms with Gasteiger partial charge in [-0.25, -0.2) is 0 Å². The van der Waals surface area contributed by atoms with Crippen molar-refractivity contribution in [3.8, 4) is 0 Å². The van der Waals surface area contributed by atoms with E-state index in [1.165, 1.54) is 31.9 Å². The van der Waals surface area contributed by atoms with E-state index in [4.69, 9.17) is 0 Å². The van der Waals surface area contributed by atoms with E-state index >= 15 is 0 Å². The molecule has 1 N–H and O–H groups in total. The van der Waals surface area contributed by atoms with Gasteiger partial charge in [-0.3, -0.25) is 0 Å². The Kier molecular flexibility index (Phi) is 4.90. The molecule has 1 aliphatic rings. The highest BCUT2D eigenvalue weighted by atomic mass is 79.9. The first-order valence-electron chi connectivity index (χ1n) is 7.74. The SMILES string of the molecule is Br.CC1NCc2c(cc3ccccc3c2Br)C1c1ccccc1. The Balaban J connectivity index is 0.00000156. The van der Waals surface area contributed by atoms with Crippen LogP contribution in [0, 0.1) is 0 Å². The quantitative estimate of drug-likeness (QED) is 0.512. The molecule has 3 aromatic rings. The van der Waals surface area contributed by atoms with Gasteiger partial charge in [0.1, 0.15) is 0 Å². The summed E-state index contributed by atoms with van der Waals surface area (Å²) in [5, 5.41) is 6.27. The maximum Gasteiger partial charge on any atom is 0.0301 e. The minimum Gasteiger partial charge on any atom is -0.309 e. The van der Waals surface area contributed by atoms with E-state index in [1.807, 2.05) is 0 Å². The van der Waals surface area contributed by atoms with E-state index < -0.39 is 0 Å². The van der Waals surface area contributed by atoms with E-state index in [2.05, 4.69) is 88.8 Å². The van der Waals surface area contributed by atoms with Crippen molar-refractivity contribution in [2.75, 3.05) is 0 Å². The molecular formula is C20H19Br2N. The van der Waals surface area contributed by atoms with Gasteiger partial charge in [-0.15, -0.1) is 17.0 Å². The molecule has 0 saturated carbocycles. The highest BCUT2D eigenvalue weighted by Crippen LogP contribution is 2.40. The Hall–Kier alpha value is -1.16. The Morgan fingerprint density at radius 1 is 1.00 bits per heavy atom. The van der Waals surface area contributed by atoms with Gasteiger partial charge in [0.2, 0.25) is 0 Å². The summed E-state index contributed by atoms with van der Waals surface area (Å²) < 4.78 is 1.24. The highest BCUT2D eigenvalue weighted by molar-refractivity contribution is 9.10. The molecule has 0 radical (unpaired) electrons. The fourth-order valence-electron chi connectivity index (χ4n) is 3.60. The van der Waals surface area contributed by atoms with Crippen LogP contribution in [0.25, 0.3) is 10.8 Å². The van der Waals surface area contributed by atoms with E-state index in [9.17, 15) is 0 Å². The first-order valence-corrected chi connectivity index (χ1v) is 8.53. The van der Waals surface area contributed by atoms with Crippen LogP contribution in [0.1, 0.15) is 29.5 Å². The van der Waals surface area contributed by atoms with Crippen LogP contribution < -0.4 is 5.32 Å². The third-order valence-corrected chi connectivity index (χ3v) is 5.62. The van der Waals surface area contributed by atoms with Gasteiger partial charge in [-0.05, 0) is 50.3 Å². The summed E-state index contributed by atoms with van der Waals surface area (Å²) in [5.41, 5.74) is 4.22. The van der Waals surface area contributed by atoms with Crippen molar-refractivity contribution in [2.24, 2.45) is 0 Å². The van der Waals surface area contributed by atoms with Crippen LogP contribution in [0.4, 0.5) is 0 Å². The number of nitrogens with one attached hydrogen (secondary N) is 1. The number of rotatable bonds is 1. The van der Waals surface area contributed by atoms with Crippen LogP contribution in [0.15, 0.2) is 65.1 Å². The van der Waals surface area contributed by atoms with Crippen LogP contribution in [-0.2, 0) is 6.54 Å². The first kappa shape index (κ1) is 16.7. The average molecular weight is 433 g/mol. The number of halogens is 2. The van der Waals surface area contributed by atoms with Crippen molar-refractivity contribution in [1.82, 2.24) is 5.32 Å². The molecule has 0 aliphatic carbocycles. The van der Waals surface area contributed by atoms with Crippen molar-refractivity contribution < 1.29 is 0 Å². The fourth-order valence-corrected chi connectivity index (χ4v) is 4.33. The largest absolute Gasteiger partial charge is 0.309 e. The summed E-state index contributed by atoms with van der Waals surface area (Å²) >= 11 is 3.85. The lowest BCUT2D eigenvalue weighted by Gasteiger charge is -2.34. The van der Waals surface area contributed by atoms with Crippen molar-refractivity contribution in [3.05, 3.63) is 81.8 Å². The van der Waals surface area contributed by atoms with Gasteiger partial charge in [0.05, 0.1) is 0 Å². The van der Waals surface area contributed by atoms with E-state index in [1.54, 1.807) is 0 Å². The Morgan fingerprint density at radius 2 is 1.70 bits per heavy atom. The zero-order chi connectivity index (χ0) is 15.1. The number of hydrogen-bond acceptors (Lipinski definition) is 1. The summed E-state index contributed by atoms with van der Waals surface area (Å²) in [5.74, 6) is 0.394. The van der Waals surface area contributed by atoms with Crippen LogP contribution in [-0.4, -0.2) is 6.04 Å². The second-order valence-electron chi connectivity index (χ2n) is 6.04. The Morgan fingerprint density at radius 3 is 2.48 bits per heavy atom. The Labute approximate surface area is 156 Å². The molecule has 0 fully saturated rings. The smallest absolute Gasteiger partial charge is 0.0301 e. The molecule has 118 valence electrons. The molecule has 23 heavy (non-hydrogen) atoms. The van der Waals surface area contributed by atoms with Gasteiger partial charge in [-0.1, -0.05) is 60.7 Å². The monoisotopic (exact) mass is 431 g/mol. The maximum atomic E-state index is 3.85. The molecule has 0 bridgehead atoms. The van der Waals surface area contributed by atoms with Crippen molar-refractivity contribution in [2.45, 2.75) is 25.4 Å². The van der Waals surface area contributed by atoms with Crippen molar-refractivity contribution >= 4 is 43.7 Å². The van der Waals surface area contributed by atoms with Crippen LogP contribution in [0.3, 0.4) is 0 Å².